The normalized spacial score (nSPS) is 11.2. The number of guanidine groups is 1. The van der Waals surface area contributed by atoms with Gasteiger partial charge in [0, 0.05) is 10.9 Å². The molecule has 146 valence electrons. The third-order valence-electron chi connectivity index (χ3n) is 4.06. The molecule has 3 aromatic rings. The van der Waals surface area contributed by atoms with E-state index in [-0.39, 0.29) is 5.96 Å². The van der Waals surface area contributed by atoms with Crippen molar-refractivity contribution in [3.8, 4) is 28.5 Å². The highest BCUT2D eigenvalue weighted by Crippen LogP contribution is 2.32. The lowest BCUT2D eigenvalue weighted by molar-refractivity contribution is 0.385. The maximum atomic E-state index is 6.04. The van der Waals surface area contributed by atoms with Crippen LogP contribution in [0.4, 0.5) is 5.13 Å². The predicted octanol–water partition coefficient (Wildman–Crippen LogP) is 3.76. The van der Waals surface area contributed by atoms with E-state index in [0.717, 1.165) is 22.6 Å². The smallest absolute Gasteiger partial charge is 0.195 e. The number of methoxy groups -OCH3 is 3. The molecular weight excluding hydrogens is 376 g/mol. The fraction of sp³-hybridized carbons (Fsp3) is 0.200. The molecule has 0 unspecified atom stereocenters. The number of aromatic nitrogens is 1. The second kappa shape index (κ2) is 9.09. The molecule has 0 atom stereocenters. The number of benzene rings is 2. The summed E-state index contributed by atoms with van der Waals surface area (Å²) in [5.74, 6) is 2.42. The lowest BCUT2D eigenvalue weighted by Gasteiger charge is -2.11. The van der Waals surface area contributed by atoms with Crippen LogP contribution in [0.1, 0.15) is 5.56 Å². The molecule has 0 aliphatic rings. The number of aliphatic imine (C=N–C) groups is 1. The Morgan fingerprint density at radius 1 is 1.00 bits per heavy atom. The van der Waals surface area contributed by atoms with Crippen molar-refractivity contribution in [2.24, 2.45) is 10.7 Å². The highest BCUT2D eigenvalue weighted by Gasteiger charge is 2.11. The molecule has 1 heterocycles. The summed E-state index contributed by atoms with van der Waals surface area (Å²) in [6.45, 7) is 0.316. The topological polar surface area (TPSA) is 91.0 Å². The van der Waals surface area contributed by atoms with Crippen LogP contribution in [0.2, 0.25) is 0 Å². The quantitative estimate of drug-likeness (QED) is 0.465. The molecule has 0 bridgehead atoms. The van der Waals surface area contributed by atoms with Gasteiger partial charge in [0.1, 0.15) is 17.2 Å². The summed E-state index contributed by atoms with van der Waals surface area (Å²) in [7, 11) is 4.86. The molecule has 0 aliphatic carbocycles. The van der Waals surface area contributed by atoms with Crippen molar-refractivity contribution >= 4 is 22.4 Å². The summed E-state index contributed by atoms with van der Waals surface area (Å²) in [6, 6.07) is 13.3. The van der Waals surface area contributed by atoms with Crippen molar-refractivity contribution in [2.75, 3.05) is 26.6 Å². The lowest BCUT2D eigenvalue weighted by Crippen LogP contribution is -2.22. The third kappa shape index (κ3) is 4.34. The molecule has 0 fully saturated rings. The van der Waals surface area contributed by atoms with Crippen molar-refractivity contribution in [1.29, 1.82) is 0 Å². The molecule has 3 rings (SSSR count). The highest BCUT2D eigenvalue weighted by molar-refractivity contribution is 7.14. The van der Waals surface area contributed by atoms with Crippen LogP contribution in [-0.2, 0) is 6.54 Å². The van der Waals surface area contributed by atoms with Gasteiger partial charge in [-0.15, -0.1) is 11.3 Å². The summed E-state index contributed by atoms with van der Waals surface area (Å²) in [5.41, 5.74) is 8.59. The Balaban J connectivity index is 1.74. The van der Waals surface area contributed by atoms with Crippen molar-refractivity contribution in [3.63, 3.8) is 0 Å². The van der Waals surface area contributed by atoms with Gasteiger partial charge in [0.2, 0.25) is 0 Å². The standard InChI is InChI=1S/C20H22N4O3S/c1-25-16-8-5-4-7-13(16)15-12-28-20(23-15)24-19(21)22-11-14-17(26-2)9-6-10-18(14)27-3/h4-10,12H,11H2,1-3H3,(H3,21,22,23,24). The average molecular weight is 398 g/mol. The number of ether oxygens (including phenoxy) is 3. The van der Waals surface area contributed by atoms with E-state index in [0.29, 0.717) is 23.2 Å². The first kappa shape index (κ1) is 19.5. The minimum atomic E-state index is 0.258. The zero-order valence-corrected chi connectivity index (χ0v) is 16.7. The Hall–Kier alpha value is -3.26. The summed E-state index contributed by atoms with van der Waals surface area (Å²) in [4.78, 5) is 8.96. The molecular formula is C20H22N4O3S. The largest absolute Gasteiger partial charge is 0.496 e. The minimum absolute atomic E-state index is 0.258. The molecule has 8 heteroatoms. The van der Waals surface area contributed by atoms with Gasteiger partial charge in [-0.25, -0.2) is 9.98 Å². The molecule has 0 aliphatic heterocycles. The maximum absolute atomic E-state index is 6.04. The SMILES string of the molecule is COc1ccccc1-c1csc(NC(N)=NCc2c(OC)cccc2OC)n1. The number of hydrogen-bond donors (Lipinski definition) is 2. The zero-order valence-electron chi connectivity index (χ0n) is 15.9. The van der Waals surface area contributed by atoms with E-state index in [1.807, 2.05) is 47.8 Å². The lowest BCUT2D eigenvalue weighted by atomic mass is 10.1. The molecule has 2 aromatic carbocycles. The summed E-state index contributed by atoms with van der Waals surface area (Å²) >= 11 is 1.44. The van der Waals surface area contributed by atoms with Gasteiger partial charge in [0.25, 0.3) is 0 Å². The van der Waals surface area contributed by atoms with Gasteiger partial charge < -0.3 is 25.3 Å². The summed E-state index contributed by atoms with van der Waals surface area (Å²) < 4.78 is 16.2. The Kier molecular flexibility index (Phi) is 6.33. The first-order valence-electron chi connectivity index (χ1n) is 8.52. The molecule has 0 saturated heterocycles. The van der Waals surface area contributed by atoms with Crippen LogP contribution >= 0.6 is 11.3 Å². The highest BCUT2D eigenvalue weighted by atomic mass is 32.1. The van der Waals surface area contributed by atoms with Crippen LogP contribution in [0, 0.1) is 0 Å². The van der Waals surface area contributed by atoms with Crippen LogP contribution in [0.3, 0.4) is 0 Å². The summed E-state index contributed by atoms with van der Waals surface area (Å²) in [5, 5.41) is 5.62. The maximum Gasteiger partial charge on any atom is 0.195 e. The Morgan fingerprint density at radius 3 is 2.32 bits per heavy atom. The van der Waals surface area contributed by atoms with Crippen LogP contribution < -0.4 is 25.3 Å². The van der Waals surface area contributed by atoms with Gasteiger partial charge in [-0.3, -0.25) is 0 Å². The average Bonchev–Trinajstić information content (AvgIpc) is 3.19. The van der Waals surface area contributed by atoms with Crippen LogP contribution in [0.5, 0.6) is 17.2 Å². The van der Waals surface area contributed by atoms with Gasteiger partial charge in [0.15, 0.2) is 11.1 Å². The first-order valence-corrected chi connectivity index (χ1v) is 9.40. The number of rotatable bonds is 7. The first-order chi connectivity index (χ1) is 13.7. The van der Waals surface area contributed by atoms with Gasteiger partial charge in [0.05, 0.1) is 39.1 Å². The molecule has 3 N–H and O–H groups in total. The number of nitrogens with two attached hydrogens (primary N) is 1. The van der Waals surface area contributed by atoms with E-state index in [9.17, 15) is 0 Å². The van der Waals surface area contributed by atoms with Crippen molar-refractivity contribution in [1.82, 2.24) is 4.98 Å². The van der Waals surface area contributed by atoms with E-state index in [2.05, 4.69) is 15.3 Å². The zero-order chi connectivity index (χ0) is 19.9. The van der Waals surface area contributed by atoms with Crippen molar-refractivity contribution in [3.05, 3.63) is 53.4 Å². The second-order valence-corrected chi connectivity index (χ2v) is 6.56. The van der Waals surface area contributed by atoms with Gasteiger partial charge in [-0.2, -0.15) is 0 Å². The minimum Gasteiger partial charge on any atom is -0.496 e. The van der Waals surface area contributed by atoms with E-state index < -0.39 is 0 Å². The molecule has 1 aromatic heterocycles. The van der Waals surface area contributed by atoms with Gasteiger partial charge in [-0.1, -0.05) is 18.2 Å². The molecule has 28 heavy (non-hydrogen) atoms. The molecule has 0 spiro atoms. The fourth-order valence-electron chi connectivity index (χ4n) is 2.71. The molecule has 0 radical (unpaired) electrons. The number of nitrogens with zero attached hydrogens (tertiary/aromatic N) is 2. The fourth-order valence-corrected chi connectivity index (χ4v) is 3.43. The monoisotopic (exact) mass is 398 g/mol. The Labute approximate surface area is 167 Å². The van der Waals surface area contributed by atoms with Crippen LogP contribution in [-0.4, -0.2) is 32.3 Å². The van der Waals surface area contributed by atoms with E-state index >= 15 is 0 Å². The molecule has 7 nitrogen and oxygen atoms in total. The molecule has 0 amide bonds. The van der Waals surface area contributed by atoms with Crippen molar-refractivity contribution in [2.45, 2.75) is 6.54 Å². The number of nitrogens with one attached hydrogen (secondary N) is 1. The van der Waals surface area contributed by atoms with E-state index in [1.165, 1.54) is 11.3 Å². The number of para-hydroxylation sites is 1. The van der Waals surface area contributed by atoms with Crippen LogP contribution in [0.15, 0.2) is 52.8 Å². The number of hydrogen-bond acceptors (Lipinski definition) is 6. The third-order valence-corrected chi connectivity index (χ3v) is 4.82. The molecule has 0 saturated carbocycles. The summed E-state index contributed by atoms with van der Waals surface area (Å²) in [6.07, 6.45) is 0. The van der Waals surface area contributed by atoms with Gasteiger partial charge in [-0.05, 0) is 24.3 Å². The van der Waals surface area contributed by atoms with Crippen molar-refractivity contribution < 1.29 is 14.2 Å². The van der Waals surface area contributed by atoms with E-state index in [1.54, 1.807) is 21.3 Å². The van der Waals surface area contributed by atoms with Crippen LogP contribution in [0.25, 0.3) is 11.3 Å². The second-order valence-electron chi connectivity index (χ2n) is 5.71. The number of anilines is 1. The van der Waals surface area contributed by atoms with Gasteiger partial charge >= 0.3 is 0 Å². The number of thiazole rings is 1. The Morgan fingerprint density at radius 2 is 1.64 bits per heavy atom. The predicted molar refractivity (Wildman–Crippen MR) is 113 cm³/mol. The Bertz CT molecular complexity index is 949. The van der Waals surface area contributed by atoms with E-state index in [4.69, 9.17) is 19.9 Å².